The number of rotatable bonds is 7. The minimum absolute atomic E-state index is 0.000953. The predicted molar refractivity (Wildman–Crippen MR) is 63.2 cm³/mol. The summed E-state index contributed by atoms with van der Waals surface area (Å²) in [6.45, 7) is 5.70. The molecule has 0 aliphatic carbocycles. The summed E-state index contributed by atoms with van der Waals surface area (Å²) in [6, 6.07) is 0. The van der Waals surface area contributed by atoms with Crippen molar-refractivity contribution in [3.05, 3.63) is 12.2 Å². The fourth-order valence-electron chi connectivity index (χ4n) is 1.15. The first-order chi connectivity index (χ1) is 8.39. The lowest BCUT2D eigenvalue weighted by molar-refractivity contribution is -0.416. The van der Waals surface area contributed by atoms with Gasteiger partial charge >= 0.3 is 0 Å². The zero-order chi connectivity index (χ0) is 13.8. The third kappa shape index (κ3) is 3.90. The Kier molecular flexibility index (Phi) is 5.01. The third-order valence-electron chi connectivity index (χ3n) is 2.73. The average molecular weight is 257 g/mol. The van der Waals surface area contributed by atoms with E-state index in [0.717, 1.165) is 11.3 Å². The first kappa shape index (κ1) is 14.8. The van der Waals surface area contributed by atoms with Crippen molar-refractivity contribution in [2.24, 2.45) is 0 Å². The summed E-state index contributed by atoms with van der Waals surface area (Å²) in [5, 5.41) is 0. The van der Waals surface area contributed by atoms with E-state index in [9.17, 15) is 9.59 Å². The second kappa shape index (κ2) is 6.08. The van der Waals surface area contributed by atoms with Crippen molar-refractivity contribution in [3.63, 3.8) is 0 Å². The number of nitrogens with zero attached hydrogens (tertiary/aromatic N) is 1. The van der Waals surface area contributed by atoms with E-state index in [1.54, 1.807) is 0 Å². The Labute approximate surface area is 106 Å². The quantitative estimate of drug-likeness (QED) is 0.295. The summed E-state index contributed by atoms with van der Waals surface area (Å²) in [5.74, 6) is -0.749. The van der Waals surface area contributed by atoms with Crippen molar-refractivity contribution in [3.8, 4) is 0 Å². The Balaban J connectivity index is 2.48. The predicted octanol–water partition coefficient (Wildman–Crippen LogP) is 1.02. The molecular weight excluding hydrogens is 238 g/mol. The Morgan fingerprint density at radius 3 is 2.28 bits per heavy atom. The van der Waals surface area contributed by atoms with Crippen LogP contribution in [-0.4, -0.2) is 42.3 Å². The number of carbonyl (C=O) groups is 2. The molecule has 6 nitrogen and oxygen atoms in total. The molecule has 0 saturated carbocycles. The molecule has 0 aromatic heterocycles. The number of carbonyl (C=O) groups excluding carboxylic acids is 2. The van der Waals surface area contributed by atoms with E-state index >= 15 is 0 Å². The molecule has 6 heteroatoms. The van der Waals surface area contributed by atoms with Crippen LogP contribution in [0, 0.1) is 0 Å². The van der Waals surface area contributed by atoms with E-state index in [-0.39, 0.29) is 18.4 Å². The van der Waals surface area contributed by atoms with Gasteiger partial charge in [0.1, 0.15) is 0 Å². The first-order valence-corrected chi connectivity index (χ1v) is 5.80. The van der Waals surface area contributed by atoms with Crippen LogP contribution in [0.3, 0.4) is 0 Å². The van der Waals surface area contributed by atoms with Gasteiger partial charge in [-0.1, -0.05) is 6.92 Å². The number of hydrogen-bond acceptors (Lipinski definition) is 5. The van der Waals surface area contributed by atoms with Gasteiger partial charge in [0, 0.05) is 19.3 Å². The minimum Gasteiger partial charge on any atom is -0.352 e. The molecular formula is C12H19NO5. The molecule has 0 aromatic carbocycles. The highest BCUT2D eigenvalue weighted by Crippen LogP contribution is 2.16. The number of hydrogen-bond donors (Lipinski definition) is 0. The molecule has 1 heterocycles. The topological polar surface area (TPSA) is 65.1 Å². The molecule has 0 spiro atoms. The summed E-state index contributed by atoms with van der Waals surface area (Å²) < 4.78 is 5.03. The van der Waals surface area contributed by atoms with Crippen molar-refractivity contribution >= 4 is 11.8 Å². The number of imide groups is 1. The lowest BCUT2D eigenvalue weighted by Crippen LogP contribution is -2.40. The van der Waals surface area contributed by atoms with Crippen molar-refractivity contribution in [1.29, 1.82) is 0 Å². The lowest BCUT2D eigenvalue weighted by Gasteiger charge is -2.26. The van der Waals surface area contributed by atoms with Gasteiger partial charge in [0.15, 0.2) is 0 Å². The zero-order valence-electron chi connectivity index (χ0n) is 11.1. The second-order valence-electron chi connectivity index (χ2n) is 4.58. The van der Waals surface area contributed by atoms with Crippen LogP contribution < -0.4 is 0 Å². The van der Waals surface area contributed by atoms with E-state index in [0.29, 0.717) is 0 Å². The maximum Gasteiger partial charge on any atom is 0.253 e. The number of amides is 2. The fraction of sp³-hybridized carbons (Fsp3) is 0.667. The van der Waals surface area contributed by atoms with Crippen LogP contribution in [0.2, 0.25) is 0 Å². The van der Waals surface area contributed by atoms with Crippen molar-refractivity contribution in [1.82, 2.24) is 4.90 Å². The van der Waals surface area contributed by atoms with Crippen LogP contribution in [0.25, 0.3) is 0 Å². The van der Waals surface area contributed by atoms with Gasteiger partial charge in [-0.05, 0) is 20.3 Å². The SMILES string of the molecule is CCC(C)(C)OOC(CN1C(=O)C=CC1=O)OC. The van der Waals surface area contributed by atoms with E-state index in [1.807, 2.05) is 20.8 Å². The molecule has 0 N–H and O–H groups in total. The summed E-state index contributed by atoms with van der Waals surface area (Å²) in [6.07, 6.45) is 2.38. The molecule has 0 aromatic rings. The molecule has 1 unspecified atom stereocenters. The molecule has 1 aliphatic rings. The van der Waals surface area contributed by atoms with Crippen LogP contribution >= 0.6 is 0 Å². The Bertz CT molecular complexity index is 332. The number of methoxy groups -OCH3 is 1. The second-order valence-corrected chi connectivity index (χ2v) is 4.58. The molecule has 0 bridgehead atoms. The Morgan fingerprint density at radius 2 is 1.83 bits per heavy atom. The van der Waals surface area contributed by atoms with E-state index in [2.05, 4.69) is 0 Å². The first-order valence-electron chi connectivity index (χ1n) is 5.80. The van der Waals surface area contributed by atoms with E-state index < -0.39 is 11.9 Å². The normalized spacial score (nSPS) is 17.7. The van der Waals surface area contributed by atoms with Gasteiger partial charge in [0.2, 0.25) is 6.29 Å². The maximum absolute atomic E-state index is 11.4. The van der Waals surface area contributed by atoms with Gasteiger partial charge < -0.3 is 4.74 Å². The Hall–Kier alpha value is -1.24. The van der Waals surface area contributed by atoms with Gasteiger partial charge in [-0.15, -0.1) is 0 Å². The molecule has 0 fully saturated rings. The van der Waals surface area contributed by atoms with Crippen LogP contribution in [0.15, 0.2) is 12.2 Å². The minimum atomic E-state index is -0.802. The Morgan fingerprint density at radius 1 is 1.28 bits per heavy atom. The molecule has 18 heavy (non-hydrogen) atoms. The van der Waals surface area contributed by atoms with Crippen molar-refractivity contribution in [2.45, 2.75) is 39.1 Å². The molecule has 102 valence electrons. The molecule has 1 rings (SSSR count). The van der Waals surface area contributed by atoms with Crippen molar-refractivity contribution < 1.29 is 24.1 Å². The molecule has 1 atom stereocenters. The van der Waals surface area contributed by atoms with Crippen LogP contribution in [0.5, 0.6) is 0 Å². The van der Waals surface area contributed by atoms with Gasteiger partial charge in [-0.2, -0.15) is 0 Å². The van der Waals surface area contributed by atoms with E-state index in [1.165, 1.54) is 19.3 Å². The number of ether oxygens (including phenoxy) is 1. The van der Waals surface area contributed by atoms with Gasteiger partial charge in [0.25, 0.3) is 11.8 Å². The van der Waals surface area contributed by atoms with Crippen LogP contribution in [-0.2, 0) is 24.1 Å². The van der Waals surface area contributed by atoms with E-state index in [4.69, 9.17) is 14.5 Å². The largest absolute Gasteiger partial charge is 0.352 e. The molecule has 0 saturated heterocycles. The molecule has 1 aliphatic heterocycles. The summed E-state index contributed by atoms with van der Waals surface area (Å²) >= 11 is 0. The summed E-state index contributed by atoms with van der Waals surface area (Å²) in [5.41, 5.74) is -0.450. The zero-order valence-corrected chi connectivity index (χ0v) is 11.1. The van der Waals surface area contributed by atoms with Gasteiger partial charge in [-0.3, -0.25) is 14.5 Å². The highest BCUT2D eigenvalue weighted by atomic mass is 17.2. The summed E-state index contributed by atoms with van der Waals surface area (Å²) in [4.78, 5) is 34.1. The van der Waals surface area contributed by atoms with Crippen LogP contribution in [0.4, 0.5) is 0 Å². The molecule has 2 amide bonds. The monoisotopic (exact) mass is 257 g/mol. The third-order valence-corrected chi connectivity index (χ3v) is 2.73. The lowest BCUT2D eigenvalue weighted by atomic mass is 10.1. The van der Waals surface area contributed by atoms with Gasteiger partial charge in [-0.25, -0.2) is 9.78 Å². The highest BCUT2D eigenvalue weighted by molar-refractivity contribution is 6.12. The van der Waals surface area contributed by atoms with Gasteiger partial charge in [0.05, 0.1) is 12.1 Å². The molecule has 0 radical (unpaired) electrons. The standard InChI is InChI=1S/C12H19NO5/c1-5-12(2,3)18-17-11(16-4)8-13-9(14)6-7-10(13)15/h6-7,11H,5,8H2,1-4H3. The fourth-order valence-corrected chi connectivity index (χ4v) is 1.15. The average Bonchev–Trinajstić information content (AvgIpc) is 2.65. The smallest absolute Gasteiger partial charge is 0.253 e. The highest BCUT2D eigenvalue weighted by Gasteiger charge is 2.28. The van der Waals surface area contributed by atoms with Crippen LogP contribution in [0.1, 0.15) is 27.2 Å². The maximum atomic E-state index is 11.4. The van der Waals surface area contributed by atoms with Crippen molar-refractivity contribution in [2.75, 3.05) is 13.7 Å². The summed E-state index contributed by atoms with van der Waals surface area (Å²) in [7, 11) is 1.42.